The lowest BCUT2D eigenvalue weighted by Gasteiger charge is -2.19. The summed E-state index contributed by atoms with van der Waals surface area (Å²) in [6, 6.07) is 15.2. The average Bonchev–Trinajstić information content (AvgIpc) is 2.44. The molecular weight excluding hydrogens is 350 g/mol. The second-order valence-electron chi connectivity index (χ2n) is 4.96. The molecule has 0 aromatic heterocycles. The highest BCUT2D eigenvalue weighted by atomic mass is 79.9. The van der Waals surface area contributed by atoms with Gasteiger partial charge in [0.25, 0.3) is 0 Å². The van der Waals surface area contributed by atoms with Crippen LogP contribution in [-0.2, 0) is 9.84 Å². The molecule has 112 valence electrons. The lowest BCUT2D eigenvalue weighted by atomic mass is 10.0. The Morgan fingerprint density at radius 1 is 1.14 bits per heavy atom. The Morgan fingerprint density at radius 2 is 1.81 bits per heavy atom. The molecule has 5 heteroatoms. The molecule has 1 unspecified atom stereocenters. The molecule has 0 spiro atoms. The fourth-order valence-corrected chi connectivity index (χ4v) is 3.19. The molecule has 0 heterocycles. The standard InChI is InChI=1S/C16H18BrNO2S/c1-3-16(12-5-4-6-13(17)11-12)18-14-7-9-15(10-8-14)21(2,19)20/h4-11,16,18H,3H2,1-2H3. The predicted molar refractivity (Wildman–Crippen MR) is 90.3 cm³/mol. The minimum Gasteiger partial charge on any atom is -0.378 e. The molecule has 2 aromatic carbocycles. The van der Waals surface area contributed by atoms with Crippen molar-refractivity contribution in [1.29, 1.82) is 0 Å². The van der Waals surface area contributed by atoms with Crippen molar-refractivity contribution in [3.05, 3.63) is 58.6 Å². The predicted octanol–water partition coefficient (Wildman–Crippen LogP) is 4.42. The van der Waals surface area contributed by atoms with Crippen molar-refractivity contribution < 1.29 is 8.42 Å². The summed E-state index contributed by atoms with van der Waals surface area (Å²) in [7, 11) is -3.15. The van der Waals surface area contributed by atoms with Crippen LogP contribution in [0.2, 0.25) is 0 Å². The summed E-state index contributed by atoms with van der Waals surface area (Å²) < 4.78 is 24.0. The Labute approximate surface area is 134 Å². The van der Waals surface area contributed by atoms with Gasteiger partial charge in [-0.3, -0.25) is 0 Å². The van der Waals surface area contributed by atoms with Gasteiger partial charge in [0, 0.05) is 16.4 Å². The number of hydrogen-bond acceptors (Lipinski definition) is 3. The number of benzene rings is 2. The quantitative estimate of drug-likeness (QED) is 0.850. The molecule has 21 heavy (non-hydrogen) atoms. The van der Waals surface area contributed by atoms with Gasteiger partial charge in [-0.15, -0.1) is 0 Å². The van der Waals surface area contributed by atoms with Crippen molar-refractivity contribution in [3.63, 3.8) is 0 Å². The van der Waals surface area contributed by atoms with Gasteiger partial charge in [0.1, 0.15) is 0 Å². The van der Waals surface area contributed by atoms with E-state index in [0.29, 0.717) is 4.90 Å². The highest BCUT2D eigenvalue weighted by molar-refractivity contribution is 9.10. The third-order valence-corrected chi connectivity index (χ3v) is 4.90. The smallest absolute Gasteiger partial charge is 0.175 e. The molecule has 0 aliphatic carbocycles. The number of nitrogens with one attached hydrogen (secondary N) is 1. The van der Waals surface area contributed by atoms with Crippen molar-refractivity contribution in [3.8, 4) is 0 Å². The minimum atomic E-state index is -3.15. The molecule has 0 aliphatic heterocycles. The Morgan fingerprint density at radius 3 is 2.33 bits per heavy atom. The van der Waals surface area contributed by atoms with Crippen LogP contribution in [-0.4, -0.2) is 14.7 Å². The van der Waals surface area contributed by atoms with E-state index in [2.05, 4.69) is 40.3 Å². The van der Waals surface area contributed by atoms with Crippen molar-refractivity contribution in [2.24, 2.45) is 0 Å². The second kappa shape index (κ2) is 6.62. The molecule has 0 amide bonds. The van der Waals surface area contributed by atoms with Gasteiger partial charge >= 0.3 is 0 Å². The van der Waals surface area contributed by atoms with E-state index in [0.717, 1.165) is 16.6 Å². The summed E-state index contributed by atoms with van der Waals surface area (Å²) in [4.78, 5) is 0.337. The largest absolute Gasteiger partial charge is 0.378 e. The maximum Gasteiger partial charge on any atom is 0.175 e. The fourth-order valence-electron chi connectivity index (χ4n) is 2.14. The summed E-state index contributed by atoms with van der Waals surface area (Å²) in [5.41, 5.74) is 2.10. The van der Waals surface area contributed by atoms with Gasteiger partial charge in [-0.05, 0) is 48.4 Å². The second-order valence-corrected chi connectivity index (χ2v) is 7.89. The lowest BCUT2D eigenvalue weighted by molar-refractivity contribution is 0.602. The topological polar surface area (TPSA) is 46.2 Å². The maximum absolute atomic E-state index is 11.5. The molecule has 2 aromatic rings. The number of hydrogen-bond donors (Lipinski definition) is 1. The molecule has 2 rings (SSSR count). The lowest BCUT2D eigenvalue weighted by Crippen LogP contribution is -2.09. The molecule has 0 saturated carbocycles. The summed E-state index contributed by atoms with van der Waals surface area (Å²) in [6.45, 7) is 2.11. The minimum absolute atomic E-state index is 0.187. The van der Waals surface area contributed by atoms with Crippen LogP contribution < -0.4 is 5.32 Å². The summed E-state index contributed by atoms with van der Waals surface area (Å²) in [6.07, 6.45) is 2.15. The van der Waals surface area contributed by atoms with Crippen LogP contribution in [0.1, 0.15) is 24.9 Å². The van der Waals surface area contributed by atoms with Crippen molar-refractivity contribution in [1.82, 2.24) is 0 Å². The van der Waals surface area contributed by atoms with Gasteiger partial charge in [-0.1, -0.05) is 35.0 Å². The highest BCUT2D eigenvalue weighted by Gasteiger charge is 2.11. The number of halogens is 1. The zero-order valence-corrected chi connectivity index (χ0v) is 14.4. The average molecular weight is 368 g/mol. The van der Waals surface area contributed by atoms with Crippen LogP contribution in [0, 0.1) is 0 Å². The van der Waals surface area contributed by atoms with Gasteiger partial charge in [-0.25, -0.2) is 8.42 Å². The number of rotatable bonds is 5. The molecule has 3 nitrogen and oxygen atoms in total. The third-order valence-electron chi connectivity index (χ3n) is 3.28. The monoisotopic (exact) mass is 367 g/mol. The van der Waals surface area contributed by atoms with E-state index in [-0.39, 0.29) is 6.04 Å². The molecular formula is C16H18BrNO2S. The Bertz CT molecular complexity index is 711. The van der Waals surface area contributed by atoms with Crippen LogP contribution in [0.15, 0.2) is 57.9 Å². The SMILES string of the molecule is CCC(Nc1ccc(S(C)(=O)=O)cc1)c1cccc(Br)c1. The van der Waals surface area contributed by atoms with Gasteiger partial charge in [0.05, 0.1) is 10.9 Å². The van der Waals surface area contributed by atoms with E-state index in [1.54, 1.807) is 24.3 Å². The van der Waals surface area contributed by atoms with Crippen molar-refractivity contribution >= 4 is 31.5 Å². The molecule has 0 bridgehead atoms. The molecule has 0 fully saturated rings. The van der Waals surface area contributed by atoms with Gasteiger partial charge < -0.3 is 5.32 Å². The van der Waals surface area contributed by atoms with E-state index in [9.17, 15) is 8.42 Å². The van der Waals surface area contributed by atoms with E-state index in [4.69, 9.17) is 0 Å². The summed E-state index contributed by atoms with van der Waals surface area (Å²) >= 11 is 3.48. The first-order chi connectivity index (χ1) is 9.90. The zero-order valence-electron chi connectivity index (χ0n) is 12.0. The van der Waals surface area contributed by atoms with Crippen LogP contribution in [0.5, 0.6) is 0 Å². The van der Waals surface area contributed by atoms with Gasteiger partial charge in [-0.2, -0.15) is 0 Å². The van der Waals surface area contributed by atoms with Crippen LogP contribution in [0.25, 0.3) is 0 Å². The third kappa shape index (κ3) is 4.32. The van der Waals surface area contributed by atoms with Crippen LogP contribution in [0.4, 0.5) is 5.69 Å². The normalized spacial score (nSPS) is 12.9. The van der Waals surface area contributed by atoms with Crippen LogP contribution >= 0.6 is 15.9 Å². The first kappa shape index (κ1) is 16.0. The van der Waals surface area contributed by atoms with E-state index < -0.39 is 9.84 Å². The van der Waals surface area contributed by atoms with E-state index in [1.807, 2.05) is 12.1 Å². The van der Waals surface area contributed by atoms with E-state index >= 15 is 0 Å². The number of anilines is 1. The highest BCUT2D eigenvalue weighted by Crippen LogP contribution is 2.25. The van der Waals surface area contributed by atoms with Crippen molar-refractivity contribution in [2.45, 2.75) is 24.3 Å². The van der Waals surface area contributed by atoms with Gasteiger partial charge in [0.15, 0.2) is 9.84 Å². The van der Waals surface area contributed by atoms with Crippen LogP contribution in [0.3, 0.4) is 0 Å². The Balaban J connectivity index is 2.19. The fraction of sp³-hybridized carbons (Fsp3) is 0.250. The summed E-state index contributed by atoms with van der Waals surface area (Å²) in [5.74, 6) is 0. The van der Waals surface area contributed by atoms with Crippen molar-refractivity contribution in [2.75, 3.05) is 11.6 Å². The zero-order chi connectivity index (χ0) is 15.5. The Hall–Kier alpha value is -1.33. The molecule has 1 atom stereocenters. The number of sulfone groups is 1. The molecule has 0 radical (unpaired) electrons. The summed E-state index contributed by atoms with van der Waals surface area (Å²) in [5, 5.41) is 3.44. The molecule has 0 aliphatic rings. The van der Waals surface area contributed by atoms with Gasteiger partial charge in [0.2, 0.25) is 0 Å². The first-order valence-corrected chi connectivity index (χ1v) is 9.40. The maximum atomic E-state index is 11.5. The molecule has 0 saturated heterocycles. The first-order valence-electron chi connectivity index (χ1n) is 6.72. The van der Waals surface area contributed by atoms with E-state index in [1.165, 1.54) is 11.8 Å². The molecule has 1 N–H and O–H groups in total. The Kier molecular flexibility index (Phi) is 5.06.